The molecule has 2 N–H and O–H groups in total. The highest BCUT2D eigenvalue weighted by molar-refractivity contribution is 5.80. The summed E-state index contributed by atoms with van der Waals surface area (Å²) in [6.07, 6.45) is -1.45. The van der Waals surface area contributed by atoms with Crippen molar-refractivity contribution in [2.24, 2.45) is 10.9 Å². The number of likely N-dealkylation sites (tertiary alicyclic amines) is 2. The van der Waals surface area contributed by atoms with Crippen molar-refractivity contribution >= 4 is 5.96 Å². The van der Waals surface area contributed by atoms with E-state index in [1.54, 1.807) is 13.1 Å². The fourth-order valence-corrected chi connectivity index (χ4v) is 4.19. The summed E-state index contributed by atoms with van der Waals surface area (Å²) in [6.45, 7) is 3.19. The molecule has 168 valence electrons. The molecule has 0 amide bonds. The number of alkyl halides is 3. The van der Waals surface area contributed by atoms with Gasteiger partial charge in [0, 0.05) is 44.8 Å². The van der Waals surface area contributed by atoms with E-state index in [-0.39, 0.29) is 11.9 Å². The van der Waals surface area contributed by atoms with Crippen LogP contribution in [0.5, 0.6) is 0 Å². The predicted molar refractivity (Wildman–Crippen MR) is 110 cm³/mol. The van der Waals surface area contributed by atoms with Gasteiger partial charge in [0.05, 0.1) is 6.54 Å². The van der Waals surface area contributed by atoms with Crippen molar-refractivity contribution in [1.29, 1.82) is 0 Å². The zero-order valence-corrected chi connectivity index (χ0v) is 17.4. The Morgan fingerprint density at radius 1 is 1.10 bits per heavy atom. The van der Waals surface area contributed by atoms with E-state index in [1.165, 1.54) is 11.0 Å². The average Bonchev–Trinajstić information content (AvgIpc) is 3.13. The highest BCUT2D eigenvalue weighted by Crippen LogP contribution is 2.21. The molecule has 2 heterocycles. The fourth-order valence-electron chi connectivity index (χ4n) is 4.19. The second-order valence-electron chi connectivity index (χ2n) is 8.24. The second-order valence-corrected chi connectivity index (χ2v) is 8.24. The van der Waals surface area contributed by atoms with Crippen LogP contribution in [0.4, 0.5) is 17.6 Å². The van der Waals surface area contributed by atoms with Crippen LogP contribution in [0.2, 0.25) is 0 Å². The monoisotopic (exact) mass is 429 g/mol. The Kier molecular flexibility index (Phi) is 7.93. The summed E-state index contributed by atoms with van der Waals surface area (Å²) in [4.78, 5) is 7.92. The van der Waals surface area contributed by atoms with Crippen LogP contribution in [0, 0.1) is 11.7 Å². The van der Waals surface area contributed by atoms with Crippen LogP contribution in [0.25, 0.3) is 0 Å². The SMILES string of the molecule is CN=C(NCC1CCN(Cc2ccccc2F)CC1)NC1CCN(CC(F)(F)F)C1. The molecule has 1 aromatic carbocycles. The largest absolute Gasteiger partial charge is 0.401 e. The first kappa shape index (κ1) is 22.8. The molecule has 0 bridgehead atoms. The van der Waals surface area contributed by atoms with Crippen molar-refractivity contribution in [3.63, 3.8) is 0 Å². The van der Waals surface area contributed by atoms with Gasteiger partial charge in [-0.05, 0) is 44.3 Å². The van der Waals surface area contributed by atoms with Gasteiger partial charge in [0.15, 0.2) is 5.96 Å². The number of aliphatic imine (C=N–C) groups is 1. The Bertz CT molecular complexity index is 701. The van der Waals surface area contributed by atoms with Crippen LogP contribution >= 0.6 is 0 Å². The zero-order chi connectivity index (χ0) is 21.6. The molecule has 0 aliphatic carbocycles. The van der Waals surface area contributed by atoms with Gasteiger partial charge in [0.25, 0.3) is 0 Å². The van der Waals surface area contributed by atoms with Crippen molar-refractivity contribution in [3.8, 4) is 0 Å². The third-order valence-electron chi connectivity index (χ3n) is 5.86. The first-order valence-corrected chi connectivity index (χ1v) is 10.5. The van der Waals surface area contributed by atoms with Crippen molar-refractivity contribution in [1.82, 2.24) is 20.4 Å². The Hall–Kier alpha value is -1.87. The molecule has 5 nitrogen and oxygen atoms in total. The molecule has 2 saturated heterocycles. The van der Waals surface area contributed by atoms with E-state index in [2.05, 4.69) is 20.5 Å². The highest BCUT2D eigenvalue weighted by atomic mass is 19.4. The highest BCUT2D eigenvalue weighted by Gasteiger charge is 2.34. The lowest BCUT2D eigenvalue weighted by Crippen LogP contribution is -2.47. The molecule has 30 heavy (non-hydrogen) atoms. The van der Waals surface area contributed by atoms with Gasteiger partial charge >= 0.3 is 6.18 Å². The fraction of sp³-hybridized carbons (Fsp3) is 0.667. The van der Waals surface area contributed by atoms with Crippen LogP contribution in [-0.4, -0.2) is 74.3 Å². The molecular formula is C21H31F4N5. The summed E-state index contributed by atoms with van der Waals surface area (Å²) in [5.41, 5.74) is 0.731. The Labute approximate surface area is 175 Å². The van der Waals surface area contributed by atoms with E-state index in [4.69, 9.17) is 0 Å². The molecule has 0 aromatic heterocycles. The molecule has 3 rings (SSSR count). The number of halogens is 4. The molecule has 1 atom stereocenters. The Morgan fingerprint density at radius 2 is 1.80 bits per heavy atom. The lowest BCUT2D eigenvalue weighted by atomic mass is 9.96. The summed E-state index contributed by atoms with van der Waals surface area (Å²) in [7, 11) is 1.68. The van der Waals surface area contributed by atoms with E-state index in [1.807, 2.05) is 12.1 Å². The first-order valence-electron chi connectivity index (χ1n) is 10.5. The summed E-state index contributed by atoms with van der Waals surface area (Å²) in [5, 5.41) is 6.57. The molecule has 0 saturated carbocycles. The van der Waals surface area contributed by atoms with Gasteiger partial charge in [-0.3, -0.25) is 14.8 Å². The summed E-state index contributed by atoms with van der Waals surface area (Å²) in [6, 6.07) is 6.87. The topological polar surface area (TPSA) is 42.9 Å². The molecule has 2 fully saturated rings. The van der Waals surface area contributed by atoms with Gasteiger partial charge in [0.1, 0.15) is 5.82 Å². The van der Waals surface area contributed by atoms with Gasteiger partial charge < -0.3 is 10.6 Å². The lowest BCUT2D eigenvalue weighted by Gasteiger charge is -2.32. The standard InChI is InChI=1S/C21H31F4N5/c1-26-20(28-18-8-11-30(14-18)15-21(23,24)25)27-12-16-6-9-29(10-7-16)13-17-4-2-3-5-19(17)22/h2-5,16,18H,6-15H2,1H3,(H2,26,27,28). The molecule has 0 radical (unpaired) electrons. The molecule has 2 aliphatic heterocycles. The molecule has 1 unspecified atom stereocenters. The molecule has 1 aromatic rings. The van der Waals surface area contributed by atoms with Crippen LogP contribution in [-0.2, 0) is 6.54 Å². The molecule has 2 aliphatic rings. The second kappa shape index (κ2) is 10.4. The van der Waals surface area contributed by atoms with Gasteiger partial charge in [-0.25, -0.2) is 4.39 Å². The van der Waals surface area contributed by atoms with Crippen LogP contribution in [0.3, 0.4) is 0 Å². The van der Waals surface area contributed by atoms with E-state index >= 15 is 0 Å². The molecule has 9 heteroatoms. The predicted octanol–water partition coefficient (Wildman–Crippen LogP) is 2.84. The smallest absolute Gasteiger partial charge is 0.356 e. The number of nitrogens with one attached hydrogen (secondary N) is 2. The normalized spacial score (nSPS) is 22.4. The number of hydrogen-bond acceptors (Lipinski definition) is 3. The van der Waals surface area contributed by atoms with Crippen molar-refractivity contribution in [2.75, 3.05) is 46.3 Å². The van der Waals surface area contributed by atoms with E-state index in [9.17, 15) is 17.6 Å². The summed E-state index contributed by atoms with van der Waals surface area (Å²) < 4.78 is 51.4. The minimum absolute atomic E-state index is 0.0267. The van der Waals surface area contributed by atoms with E-state index in [0.29, 0.717) is 37.9 Å². The number of benzene rings is 1. The average molecular weight is 430 g/mol. The van der Waals surface area contributed by atoms with Gasteiger partial charge in [-0.1, -0.05) is 18.2 Å². The van der Waals surface area contributed by atoms with Crippen molar-refractivity contribution < 1.29 is 17.6 Å². The van der Waals surface area contributed by atoms with Gasteiger partial charge in [0.2, 0.25) is 0 Å². The summed E-state index contributed by atoms with van der Waals surface area (Å²) >= 11 is 0. The number of hydrogen-bond donors (Lipinski definition) is 2. The van der Waals surface area contributed by atoms with Gasteiger partial charge in [-0.2, -0.15) is 13.2 Å². The minimum Gasteiger partial charge on any atom is -0.356 e. The maximum atomic E-state index is 13.8. The van der Waals surface area contributed by atoms with Gasteiger partial charge in [-0.15, -0.1) is 0 Å². The van der Waals surface area contributed by atoms with Crippen LogP contribution in [0.1, 0.15) is 24.8 Å². The number of piperidine rings is 1. The number of nitrogens with zero attached hydrogens (tertiary/aromatic N) is 3. The lowest BCUT2D eigenvalue weighted by molar-refractivity contribution is -0.143. The van der Waals surface area contributed by atoms with Crippen molar-refractivity contribution in [3.05, 3.63) is 35.6 Å². The Morgan fingerprint density at radius 3 is 2.47 bits per heavy atom. The quantitative estimate of drug-likeness (QED) is 0.415. The Balaban J connectivity index is 1.36. The van der Waals surface area contributed by atoms with Crippen LogP contribution in [0.15, 0.2) is 29.3 Å². The third kappa shape index (κ3) is 7.12. The number of rotatable bonds is 6. The first-order chi connectivity index (χ1) is 14.3. The third-order valence-corrected chi connectivity index (χ3v) is 5.86. The molecular weight excluding hydrogens is 398 g/mol. The summed E-state index contributed by atoms with van der Waals surface area (Å²) in [5.74, 6) is 0.977. The van der Waals surface area contributed by atoms with Crippen molar-refractivity contribution in [2.45, 2.75) is 38.0 Å². The minimum atomic E-state index is -4.16. The number of guanidine groups is 1. The zero-order valence-electron chi connectivity index (χ0n) is 17.4. The van der Waals surface area contributed by atoms with Crippen LogP contribution < -0.4 is 10.6 Å². The molecule has 0 spiro atoms. The maximum absolute atomic E-state index is 13.8. The van der Waals surface area contributed by atoms with E-state index < -0.39 is 12.7 Å². The van der Waals surface area contributed by atoms with E-state index in [0.717, 1.165) is 38.0 Å². The maximum Gasteiger partial charge on any atom is 0.401 e.